The summed E-state index contributed by atoms with van der Waals surface area (Å²) < 4.78 is 0. The van der Waals surface area contributed by atoms with Gasteiger partial charge in [0.1, 0.15) is 0 Å². The van der Waals surface area contributed by atoms with Crippen molar-refractivity contribution in [3.05, 3.63) is 34.4 Å². The van der Waals surface area contributed by atoms with Gasteiger partial charge in [0.25, 0.3) is 0 Å². The molecule has 2 rings (SSSR count). The molecule has 0 saturated carbocycles. The van der Waals surface area contributed by atoms with Gasteiger partial charge in [0, 0.05) is 34.3 Å². The van der Waals surface area contributed by atoms with Gasteiger partial charge in [0.2, 0.25) is 0 Å². The van der Waals surface area contributed by atoms with Crippen LogP contribution in [0.15, 0.2) is 34.4 Å². The number of carbonyl (C=O) groups is 2. The molecule has 2 atom stereocenters. The minimum Gasteiger partial charge on any atom is -0.310 e. The van der Waals surface area contributed by atoms with Gasteiger partial charge in [0.15, 0.2) is 11.6 Å². The summed E-state index contributed by atoms with van der Waals surface area (Å²) >= 11 is 0. The van der Waals surface area contributed by atoms with E-state index in [9.17, 15) is 9.59 Å². The van der Waals surface area contributed by atoms with Crippen LogP contribution in [0.1, 0.15) is 59.8 Å². The highest BCUT2D eigenvalue weighted by Crippen LogP contribution is 2.38. The SMILES string of the molecule is CCCCC1=CC(=O)C([C@@H]2C=C(C)CC[C@H]2C(C)=N)=C(C)C1=O. The monoisotopic (exact) mass is 313 g/mol. The van der Waals surface area contributed by atoms with E-state index in [0.29, 0.717) is 28.9 Å². The smallest absolute Gasteiger partial charge is 0.185 e. The van der Waals surface area contributed by atoms with E-state index in [1.54, 1.807) is 19.9 Å². The average molecular weight is 313 g/mol. The predicted octanol–water partition coefficient (Wildman–Crippen LogP) is 4.58. The number of hydrogen-bond acceptors (Lipinski definition) is 3. The molecule has 2 aliphatic carbocycles. The van der Waals surface area contributed by atoms with Gasteiger partial charge in [-0.15, -0.1) is 0 Å². The molecule has 23 heavy (non-hydrogen) atoms. The Hall–Kier alpha value is -1.77. The molecule has 0 spiro atoms. The Morgan fingerprint density at radius 3 is 2.61 bits per heavy atom. The second kappa shape index (κ2) is 7.20. The molecule has 124 valence electrons. The van der Waals surface area contributed by atoms with Gasteiger partial charge in [-0.1, -0.05) is 25.0 Å². The summed E-state index contributed by atoms with van der Waals surface area (Å²) in [5, 5.41) is 8.05. The molecule has 3 nitrogen and oxygen atoms in total. The number of rotatable bonds is 5. The maximum absolute atomic E-state index is 12.7. The average Bonchev–Trinajstić information content (AvgIpc) is 2.49. The second-order valence-electron chi connectivity index (χ2n) is 6.87. The zero-order valence-electron chi connectivity index (χ0n) is 14.7. The van der Waals surface area contributed by atoms with Crippen LogP contribution in [0.2, 0.25) is 0 Å². The summed E-state index contributed by atoms with van der Waals surface area (Å²) in [6.45, 7) is 7.73. The molecule has 3 heteroatoms. The number of nitrogens with one attached hydrogen (secondary N) is 1. The highest BCUT2D eigenvalue weighted by Gasteiger charge is 2.35. The van der Waals surface area contributed by atoms with Gasteiger partial charge in [-0.2, -0.15) is 0 Å². The van der Waals surface area contributed by atoms with E-state index in [1.165, 1.54) is 5.57 Å². The highest BCUT2D eigenvalue weighted by molar-refractivity contribution is 6.23. The minimum absolute atomic E-state index is 0.0195. The molecule has 0 aromatic rings. The van der Waals surface area contributed by atoms with Crippen LogP contribution >= 0.6 is 0 Å². The molecule has 0 aromatic carbocycles. The van der Waals surface area contributed by atoms with Crippen LogP contribution in [-0.4, -0.2) is 17.3 Å². The molecular weight excluding hydrogens is 286 g/mol. The van der Waals surface area contributed by atoms with Crippen LogP contribution in [-0.2, 0) is 9.59 Å². The quantitative estimate of drug-likeness (QED) is 0.459. The molecule has 0 aliphatic heterocycles. The van der Waals surface area contributed by atoms with E-state index in [1.807, 2.05) is 0 Å². The van der Waals surface area contributed by atoms with Crippen LogP contribution in [0.3, 0.4) is 0 Å². The van der Waals surface area contributed by atoms with Gasteiger partial charge in [-0.3, -0.25) is 9.59 Å². The maximum Gasteiger partial charge on any atom is 0.185 e. The number of allylic oxidation sites excluding steroid dienone is 6. The lowest BCUT2D eigenvalue weighted by Crippen LogP contribution is -2.31. The first-order valence-electron chi connectivity index (χ1n) is 8.59. The number of ketones is 2. The lowest BCUT2D eigenvalue weighted by molar-refractivity contribution is -0.116. The third kappa shape index (κ3) is 3.60. The summed E-state index contributed by atoms with van der Waals surface area (Å²) in [4.78, 5) is 25.3. The minimum atomic E-state index is -0.123. The predicted molar refractivity (Wildman–Crippen MR) is 93.7 cm³/mol. The lowest BCUT2D eigenvalue weighted by Gasteiger charge is -2.32. The molecule has 1 N–H and O–H groups in total. The Morgan fingerprint density at radius 2 is 2.00 bits per heavy atom. The van der Waals surface area contributed by atoms with Crippen LogP contribution in [0.5, 0.6) is 0 Å². The van der Waals surface area contributed by atoms with Crippen molar-refractivity contribution in [2.24, 2.45) is 11.8 Å². The van der Waals surface area contributed by atoms with Gasteiger partial charge in [-0.25, -0.2) is 0 Å². The standard InChI is InChI=1S/C20H27NO2/c1-5-6-7-15-11-18(22)19(13(3)20(15)23)17-10-12(2)8-9-16(17)14(4)21/h10-11,16-17,21H,5-9H2,1-4H3/t16-,17+/m0/s1. The molecule has 0 saturated heterocycles. The largest absolute Gasteiger partial charge is 0.310 e. The zero-order chi connectivity index (χ0) is 17.1. The summed E-state index contributed by atoms with van der Waals surface area (Å²) in [6, 6.07) is 0. The van der Waals surface area contributed by atoms with Crippen molar-refractivity contribution >= 4 is 17.3 Å². The van der Waals surface area contributed by atoms with E-state index < -0.39 is 0 Å². The van der Waals surface area contributed by atoms with Crippen molar-refractivity contribution in [3.63, 3.8) is 0 Å². The molecule has 0 amide bonds. The fraction of sp³-hybridized carbons (Fsp3) is 0.550. The molecule has 2 aliphatic rings. The third-order valence-electron chi connectivity index (χ3n) is 5.04. The maximum atomic E-state index is 12.7. The van der Waals surface area contributed by atoms with Crippen LogP contribution in [0, 0.1) is 17.2 Å². The third-order valence-corrected chi connectivity index (χ3v) is 5.04. The van der Waals surface area contributed by atoms with Crippen LogP contribution in [0.4, 0.5) is 0 Å². The van der Waals surface area contributed by atoms with E-state index in [0.717, 1.165) is 25.7 Å². The first kappa shape index (κ1) is 17.6. The molecule has 0 aromatic heterocycles. The molecule has 0 fully saturated rings. The number of carbonyl (C=O) groups excluding carboxylic acids is 2. The van der Waals surface area contributed by atoms with Crippen molar-refractivity contribution in [1.82, 2.24) is 0 Å². The van der Waals surface area contributed by atoms with E-state index in [4.69, 9.17) is 5.41 Å². The Bertz CT molecular complexity index is 634. The van der Waals surface area contributed by atoms with Crippen molar-refractivity contribution in [2.75, 3.05) is 0 Å². The first-order valence-corrected chi connectivity index (χ1v) is 8.59. The Morgan fingerprint density at radius 1 is 1.30 bits per heavy atom. The van der Waals surface area contributed by atoms with E-state index in [-0.39, 0.29) is 23.4 Å². The van der Waals surface area contributed by atoms with Crippen molar-refractivity contribution in [2.45, 2.75) is 59.8 Å². The number of unbranched alkanes of at least 4 members (excludes halogenated alkanes) is 1. The second-order valence-corrected chi connectivity index (χ2v) is 6.87. The molecule has 0 radical (unpaired) electrons. The van der Waals surface area contributed by atoms with Crippen molar-refractivity contribution in [3.8, 4) is 0 Å². The molecule has 0 heterocycles. The summed E-state index contributed by atoms with van der Waals surface area (Å²) in [5.74, 6) is -0.103. The normalized spacial score (nSPS) is 25.4. The fourth-order valence-corrected chi connectivity index (χ4v) is 3.66. The van der Waals surface area contributed by atoms with Crippen LogP contribution < -0.4 is 0 Å². The van der Waals surface area contributed by atoms with E-state index in [2.05, 4.69) is 19.9 Å². The van der Waals surface area contributed by atoms with E-state index >= 15 is 0 Å². The molecular formula is C20H27NO2. The number of hydrogen-bond donors (Lipinski definition) is 1. The first-order chi connectivity index (χ1) is 10.9. The Kier molecular flexibility index (Phi) is 5.51. The Labute approximate surface area is 139 Å². The van der Waals surface area contributed by atoms with Crippen molar-refractivity contribution in [1.29, 1.82) is 5.41 Å². The van der Waals surface area contributed by atoms with Crippen molar-refractivity contribution < 1.29 is 9.59 Å². The topological polar surface area (TPSA) is 58.0 Å². The van der Waals surface area contributed by atoms with Crippen LogP contribution in [0.25, 0.3) is 0 Å². The van der Waals surface area contributed by atoms with Gasteiger partial charge < -0.3 is 5.41 Å². The summed E-state index contributed by atoms with van der Waals surface area (Å²) in [6.07, 6.45) is 8.11. The molecule has 0 unspecified atom stereocenters. The fourth-order valence-electron chi connectivity index (χ4n) is 3.66. The van der Waals surface area contributed by atoms with Gasteiger partial charge in [-0.05, 0) is 52.5 Å². The molecule has 0 bridgehead atoms. The summed E-state index contributed by atoms with van der Waals surface area (Å²) in [5.41, 5.74) is 3.70. The Balaban J connectivity index is 2.40. The number of Topliss-reactive ketones (excluding diaryl/α,β-unsaturated/α-hetero) is 1. The summed E-state index contributed by atoms with van der Waals surface area (Å²) in [7, 11) is 0. The highest BCUT2D eigenvalue weighted by atomic mass is 16.1. The van der Waals surface area contributed by atoms with Gasteiger partial charge >= 0.3 is 0 Å². The lowest BCUT2D eigenvalue weighted by atomic mass is 9.70. The zero-order valence-corrected chi connectivity index (χ0v) is 14.7. The van der Waals surface area contributed by atoms with Gasteiger partial charge in [0.05, 0.1) is 0 Å².